The number of ether oxygens (including phenoxy) is 1. The smallest absolute Gasteiger partial charge is 0.261 e. The number of carbonyl (C=O) groups excluding carboxylic acids is 2. The number of amides is 2. The Morgan fingerprint density at radius 2 is 1.62 bits per heavy atom. The van der Waals surface area contributed by atoms with Gasteiger partial charge in [-0.3, -0.25) is 9.59 Å². The summed E-state index contributed by atoms with van der Waals surface area (Å²) in [4.78, 5) is 27.8. The lowest BCUT2D eigenvalue weighted by molar-refractivity contribution is -0.142. The van der Waals surface area contributed by atoms with Crippen molar-refractivity contribution in [1.29, 1.82) is 0 Å². The van der Waals surface area contributed by atoms with Crippen molar-refractivity contribution in [2.24, 2.45) is 0 Å². The fourth-order valence-electron chi connectivity index (χ4n) is 3.45. The topological polar surface area (TPSA) is 58.6 Å². The number of halogens is 1. The minimum Gasteiger partial charge on any atom is -0.484 e. The molecule has 0 radical (unpaired) electrons. The highest BCUT2D eigenvalue weighted by Crippen LogP contribution is 2.19. The van der Waals surface area contributed by atoms with E-state index in [1.807, 2.05) is 61.5 Å². The maximum absolute atomic E-state index is 13.3. The van der Waals surface area contributed by atoms with E-state index in [4.69, 9.17) is 16.3 Å². The predicted octanol–water partition coefficient (Wildman–Crippen LogP) is 4.41. The van der Waals surface area contributed by atoms with E-state index in [9.17, 15) is 9.59 Å². The van der Waals surface area contributed by atoms with Crippen molar-refractivity contribution in [3.05, 3.63) is 101 Å². The molecule has 1 atom stereocenters. The molecular formula is C26H27ClN2O3. The fraction of sp³-hybridized carbons (Fsp3) is 0.231. The molecule has 0 bridgehead atoms. The standard InChI is InChI=1S/C26H27ClN2O3/c1-19-8-6-7-11-21(19)17-29(25(30)18-32-23-14-12-22(27)13-15-23)24(26(31)28-2)16-20-9-4-3-5-10-20/h3-15,24H,16-18H2,1-2H3,(H,28,31)/t24-/m0/s1. The normalized spacial score (nSPS) is 11.5. The molecule has 0 aliphatic heterocycles. The molecule has 0 saturated carbocycles. The van der Waals surface area contributed by atoms with Crippen molar-refractivity contribution in [2.45, 2.75) is 25.9 Å². The van der Waals surface area contributed by atoms with Gasteiger partial charge in [-0.15, -0.1) is 0 Å². The summed E-state index contributed by atoms with van der Waals surface area (Å²) in [5.41, 5.74) is 3.01. The summed E-state index contributed by atoms with van der Waals surface area (Å²) >= 11 is 5.92. The third-order valence-corrected chi connectivity index (χ3v) is 5.55. The van der Waals surface area contributed by atoms with Gasteiger partial charge in [0.15, 0.2) is 6.61 Å². The van der Waals surface area contributed by atoms with Crippen LogP contribution in [-0.2, 0) is 22.6 Å². The summed E-state index contributed by atoms with van der Waals surface area (Å²) in [6, 6.07) is 23.7. The lowest BCUT2D eigenvalue weighted by Gasteiger charge is -2.31. The molecule has 5 nitrogen and oxygen atoms in total. The Labute approximate surface area is 194 Å². The number of carbonyl (C=O) groups is 2. The van der Waals surface area contributed by atoms with Crippen LogP contribution in [0.1, 0.15) is 16.7 Å². The highest BCUT2D eigenvalue weighted by molar-refractivity contribution is 6.30. The largest absolute Gasteiger partial charge is 0.484 e. The van der Waals surface area contributed by atoms with Crippen LogP contribution in [0.5, 0.6) is 5.75 Å². The predicted molar refractivity (Wildman–Crippen MR) is 127 cm³/mol. The van der Waals surface area contributed by atoms with Crippen molar-refractivity contribution in [3.63, 3.8) is 0 Å². The maximum Gasteiger partial charge on any atom is 0.261 e. The number of nitrogens with zero attached hydrogens (tertiary/aromatic N) is 1. The molecule has 0 fully saturated rings. The number of benzene rings is 3. The van der Waals surface area contributed by atoms with E-state index in [-0.39, 0.29) is 18.4 Å². The van der Waals surface area contributed by atoms with Crippen LogP contribution in [0.3, 0.4) is 0 Å². The molecule has 0 aromatic heterocycles. The summed E-state index contributed by atoms with van der Waals surface area (Å²) in [7, 11) is 1.58. The number of hydrogen-bond acceptors (Lipinski definition) is 3. The molecule has 0 aliphatic rings. The Kier molecular flexibility index (Phi) is 8.28. The second-order valence-electron chi connectivity index (χ2n) is 7.51. The Morgan fingerprint density at radius 3 is 2.28 bits per heavy atom. The first-order valence-corrected chi connectivity index (χ1v) is 10.8. The first-order valence-electron chi connectivity index (χ1n) is 10.5. The van der Waals surface area contributed by atoms with Gasteiger partial charge in [-0.25, -0.2) is 0 Å². The average Bonchev–Trinajstić information content (AvgIpc) is 2.82. The maximum atomic E-state index is 13.3. The SMILES string of the molecule is CNC(=O)[C@H](Cc1ccccc1)N(Cc1ccccc1C)C(=O)COc1ccc(Cl)cc1. The molecule has 3 aromatic carbocycles. The Hall–Kier alpha value is -3.31. The number of nitrogens with one attached hydrogen (secondary N) is 1. The molecule has 1 N–H and O–H groups in total. The van der Waals surface area contributed by atoms with Crippen molar-refractivity contribution in [2.75, 3.05) is 13.7 Å². The molecule has 32 heavy (non-hydrogen) atoms. The summed E-state index contributed by atoms with van der Waals surface area (Å²) in [6.07, 6.45) is 0.402. The van der Waals surface area contributed by atoms with Crippen molar-refractivity contribution < 1.29 is 14.3 Å². The highest BCUT2D eigenvalue weighted by Gasteiger charge is 2.30. The van der Waals surface area contributed by atoms with Crippen molar-refractivity contribution >= 4 is 23.4 Å². The van der Waals surface area contributed by atoms with Gasteiger partial charge in [0.1, 0.15) is 11.8 Å². The molecule has 0 aliphatic carbocycles. The van der Waals surface area contributed by atoms with E-state index >= 15 is 0 Å². The van der Waals surface area contributed by atoms with E-state index in [1.54, 1.807) is 36.2 Å². The monoisotopic (exact) mass is 450 g/mol. The molecule has 0 unspecified atom stereocenters. The number of hydrogen-bond donors (Lipinski definition) is 1. The highest BCUT2D eigenvalue weighted by atomic mass is 35.5. The molecule has 6 heteroatoms. The van der Waals surface area contributed by atoms with Crippen LogP contribution >= 0.6 is 11.6 Å². The zero-order chi connectivity index (χ0) is 22.9. The summed E-state index contributed by atoms with van der Waals surface area (Å²) in [5.74, 6) is 0.0492. The van der Waals surface area contributed by atoms with Crippen LogP contribution in [0.25, 0.3) is 0 Å². The molecule has 3 aromatic rings. The number of likely N-dealkylation sites (N-methyl/N-ethyl adjacent to an activating group) is 1. The third-order valence-electron chi connectivity index (χ3n) is 5.30. The van der Waals surface area contributed by atoms with Gasteiger partial charge in [0.05, 0.1) is 0 Å². The second-order valence-corrected chi connectivity index (χ2v) is 7.95. The molecule has 0 heterocycles. The van der Waals surface area contributed by atoms with Gasteiger partial charge in [0, 0.05) is 25.0 Å². The Morgan fingerprint density at radius 1 is 0.969 bits per heavy atom. The van der Waals surface area contributed by atoms with Gasteiger partial charge in [-0.2, -0.15) is 0 Å². The first kappa shape index (κ1) is 23.4. The van der Waals surface area contributed by atoms with Crippen LogP contribution in [0.2, 0.25) is 5.02 Å². The third kappa shape index (κ3) is 6.34. The molecular weight excluding hydrogens is 424 g/mol. The minimum atomic E-state index is -0.677. The van der Waals surface area contributed by atoms with Crippen LogP contribution in [-0.4, -0.2) is 36.4 Å². The van der Waals surface area contributed by atoms with Gasteiger partial charge in [-0.05, 0) is 47.9 Å². The van der Waals surface area contributed by atoms with Gasteiger partial charge in [0.25, 0.3) is 5.91 Å². The van der Waals surface area contributed by atoms with Crippen LogP contribution in [0, 0.1) is 6.92 Å². The number of rotatable bonds is 9. The fourth-order valence-corrected chi connectivity index (χ4v) is 3.58. The van der Waals surface area contributed by atoms with Crippen LogP contribution in [0.4, 0.5) is 0 Å². The van der Waals surface area contributed by atoms with Gasteiger partial charge < -0.3 is 15.0 Å². The molecule has 0 spiro atoms. The second kappa shape index (κ2) is 11.3. The van der Waals surface area contributed by atoms with E-state index in [0.29, 0.717) is 23.7 Å². The lowest BCUT2D eigenvalue weighted by Crippen LogP contribution is -2.51. The van der Waals surface area contributed by atoms with Gasteiger partial charge in [-0.1, -0.05) is 66.2 Å². The minimum absolute atomic E-state index is 0.185. The molecule has 0 saturated heterocycles. The van der Waals surface area contributed by atoms with Gasteiger partial charge in [0.2, 0.25) is 5.91 Å². The Bertz CT molecular complexity index is 1040. The summed E-state index contributed by atoms with van der Waals surface area (Å²) in [5, 5.41) is 3.30. The zero-order valence-corrected chi connectivity index (χ0v) is 19.0. The van der Waals surface area contributed by atoms with Gasteiger partial charge >= 0.3 is 0 Å². The molecule has 3 rings (SSSR count). The number of aryl methyl sites for hydroxylation is 1. The first-order chi connectivity index (χ1) is 15.5. The zero-order valence-electron chi connectivity index (χ0n) is 18.3. The van der Waals surface area contributed by atoms with Crippen molar-refractivity contribution in [3.8, 4) is 5.75 Å². The van der Waals surface area contributed by atoms with E-state index in [2.05, 4.69) is 5.32 Å². The van der Waals surface area contributed by atoms with E-state index in [1.165, 1.54) is 0 Å². The van der Waals surface area contributed by atoms with Crippen LogP contribution < -0.4 is 10.1 Å². The average molecular weight is 451 g/mol. The van der Waals surface area contributed by atoms with Crippen molar-refractivity contribution in [1.82, 2.24) is 10.2 Å². The summed E-state index contributed by atoms with van der Waals surface area (Å²) in [6.45, 7) is 2.12. The molecule has 166 valence electrons. The quantitative estimate of drug-likeness (QED) is 0.525. The van der Waals surface area contributed by atoms with E-state index in [0.717, 1.165) is 16.7 Å². The van der Waals surface area contributed by atoms with Crippen LogP contribution in [0.15, 0.2) is 78.9 Å². The lowest BCUT2D eigenvalue weighted by atomic mass is 10.0. The summed E-state index contributed by atoms with van der Waals surface area (Å²) < 4.78 is 5.70. The molecule has 2 amide bonds. The Balaban J connectivity index is 1.87. The van der Waals surface area contributed by atoms with E-state index < -0.39 is 6.04 Å².